The first kappa shape index (κ1) is 15.8. The van der Waals surface area contributed by atoms with Gasteiger partial charge in [0, 0.05) is 6.07 Å². The maximum atomic E-state index is 8.45. The second-order valence-electron chi connectivity index (χ2n) is 4.56. The van der Waals surface area contributed by atoms with E-state index in [9.17, 15) is 0 Å². The highest BCUT2D eigenvalue weighted by molar-refractivity contribution is 5.39. The van der Waals surface area contributed by atoms with Crippen molar-refractivity contribution in [2.75, 3.05) is 13.7 Å². The summed E-state index contributed by atoms with van der Waals surface area (Å²) in [6, 6.07) is 13.7. The Balaban J connectivity index is 1.95. The Morgan fingerprint density at radius 3 is 2.68 bits per heavy atom. The number of pyridine rings is 1. The molecule has 0 saturated carbocycles. The van der Waals surface area contributed by atoms with E-state index in [-0.39, 0.29) is 0 Å². The van der Waals surface area contributed by atoms with Gasteiger partial charge in [0.2, 0.25) is 0 Å². The van der Waals surface area contributed by atoms with E-state index in [0.29, 0.717) is 37.7 Å². The highest BCUT2D eigenvalue weighted by atomic mass is 16.5. The summed E-state index contributed by atoms with van der Waals surface area (Å²) in [5.41, 5.74) is 1.82. The van der Waals surface area contributed by atoms with Crippen molar-refractivity contribution in [3.8, 4) is 17.6 Å². The van der Waals surface area contributed by atoms with Crippen LogP contribution in [0.25, 0.3) is 0 Å². The molecule has 5 heteroatoms. The maximum Gasteiger partial charge on any atom is 0.179 e. The first-order valence-corrected chi connectivity index (χ1v) is 6.98. The quantitative estimate of drug-likeness (QED) is 0.701. The van der Waals surface area contributed by atoms with Crippen LogP contribution in [0.2, 0.25) is 0 Å². The average molecular weight is 298 g/mol. The molecule has 1 heterocycles. The first-order chi connectivity index (χ1) is 10.8. The van der Waals surface area contributed by atoms with E-state index in [1.54, 1.807) is 19.4 Å². The Hall–Kier alpha value is -2.58. The molecular formula is C17H18N2O3. The third-order valence-corrected chi connectivity index (χ3v) is 2.95. The van der Waals surface area contributed by atoms with Gasteiger partial charge in [-0.05, 0) is 5.56 Å². The minimum absolute atomic E-state index is 0.344. The van der Waals surface area contributed by atoms with Crippen LogP contribution in [0, 0.1) is 11.3 Å². The zero-order chi connectivity index (χ0) is 15.6. The van der Waals surface area contributed by atoms with Gasteiger partial charge in [0.25, 0.3) is 0 Å². The lowest BCUT2D eigenvalue weighted by Crippen LogP contribution is -2.01. The molecule has 0 unspecified atom stereocenters. The van der Waals surface area contributed by atoms with E-state index in [0.717, 1.165) is 11.3 Å². The summed E-state index contributed by atoms with van der Waals surface area (Å²) in [5.74, 6) is 1.21. The third kappa shape index (κ3) is 4.76. The molecule has 0 N–H and O–H groups in total. The summed E-state index contributed by atoms with van der Waals surface area (Å²) < 4.78 is 16.4. The second kappa shape index (κ2) is 8.65. The fourth-order valence-electron chi connectivity index (χ4n) is 1.84. The van der Waals surface area contributed by atoms with Crippen LogP contribution in [0.3, 0.4) is 0 Å². The van der Waals surface area contributed by atoms with Crippen LogP contribution in [0.4, 0.5) is 0 Å². The number of hydrogen-bond donors (Lipinski definition) is 0. The largest absolute Gasteiger partial charge is 0.493 e. The van der Waals surface area contributed by atoms with Crippen molar-refractivity contribution in [2.45, 2.75) is 19.6 Å². The number of rotatable bonds is 8. The molecule has 1 aromatic carbocycles. The van der Waals surface area contributed by atoms with E-state index < -0.39 is 0 Å². The van der Waals surface area contributed by atoms with Gasteiger partial charge in [0.05, 0.1) is 44.7 Å². The molecule has 0 aliphatic rings. The topological polar surface area (TPSA) is 64.4 Å². The molecule has 114 valence electrons. The fraction of sp³-hybridized carbons (Fsp3) is 0.294. The molecule has 0 radical (unpaired) electrons. The van der Waals surface area contributed by atoms with Crippen molar-refractivity contribution in [2.24, 2.45) is 0 Å². The molecule has 0 amide bonds. The van der Waals surface area contributed by atoms with Gasteiger partial charge in [-0.3, -0.25) is 4.98 Å². The summed E-state index contributed by atoms with van der Waals surface area (Å²) in [7, 11) is 1.59. The Bertz CT molecular complexity index is 624. The summed E-state index contributed by atoms with van der Waals surface area (Å²) in [6.45, 7) is 1.20. The molecule has 0 spiro atoms. The Morgan fingerprint density at radius 2 is 1.95 bits per heavy atom. The van der Waals surface area contributed by atoms with Gasteiger partial charge < -0.3 is 14.2 Å². The number of hydrogen-bond acceptors (Lipinski definition) is 5. The van der Waals surface area contributed by atoms with Crippen LogP contribution >= 0.6 is 0 Å². The molecule has 0 saturated heterocycles. The maximum absolute atomic E-state index is 8.45. The molecule has 2 aromatic rings. The molecule has 0 fully saturated rings. The minimum atomic E-state index is 0.344. The second-order valence-corrected chi connectivity index (χ2v) is 4.56. The van der Waals surface area contributed by atoms with E-state index in [1.165, 1.54) is 0 Å². The smallest absolute Gasteiger partial charge is 0.179 e. The predicted molar refractivity (Wildman–Crippen MR) is 81.4 cm³/mol. The Kier molecular flexibility index (Phi) is 6.21. The van der Waals surface area contributed by atoms with Crippen LogP contribution in [-0.4, -0.2) is 18.7 Å². The summed E-state index contributed by atoms with van der Waals surface area (Å²) in [5, 5.41) is 8.45. The van der Waals surface area contributed by atoms with Crippen LogP contribution in [0.1, 0.15) is 17.7 Å². The lowest BCUT2D eigenvalue weighted by molar-refractivity contribution is 0.123. The monoisotopic (exact) mass is 298 g/mol. The fourth-order valence-corrected chi connectivity index (χ4v) is 1.84. The van der Waals surface area contributed by atoms with Gasteiger partial charge >= 0.3 is 0 Å². The molecule has 0 aliphatic heterocycles. The molecule has 1 aromatic heterocycles. The van der Waals surface area contributed by atoms with E-state index in [1.807, 2.05) is 36.4 Å². The summed E-state index contributed by atoms with van der Waals surface area (Å²) in [6.07, 6.45) is 2.00. The molecule has 0 bridgehead atoms. The van der Waals surface area contributed by atoms with Crippen LogP contribution < -0.4 is 9.47 Å². The van der Waals surface area contributed by atoms with Crippen molar-refractivity contribution >= 4 is 0 Å². The molecule has 22 heavy (non-hydrogen) atoms. The van der Waals surface area contributed by atoms with Crippen molar-refractivity contribution in [3.05, 3.63) is 53.9 Å². The van der Waals surface area contributed by atoms with E-state index in [4.69, 9.17) is 19.5 Å². The summed E-state index contributed by atoms with van der Waals surface area (Å²) in [4.78, 5) is 4.28. The number of nitriles is 1. The molecule has 0 atom stereocenters. The SMILES string of the molecule is COc1cc(COCCC#N)ncc1OCc1ccccc1. The number of benzene rings is 1. The predicted octanol–water partition coefficient (Wildman–Crippen LogP) is 3.10. The number of aromatic nitrogens is 1. The normalized spacial score (nSPS) is 10.0. The van der Waals surface area contributed by atoms with Crippen LogP contribution in [0.5, 0.6) is 11.5 Å². The zero-order valence-corrected chi connectivity index (χ0v) is 12.5. The first-order valence-electron chi connectivity index (χ1n) is 6.98. The zero-order valence-electron chi connectivity index (χ0n) is 12.5. The Labute approximate surface area is 130 Å². The van der Waals surface area contributed by atoms with Gasteiger partial charge in [-0.25, -0.2) is 0 Å². The van der Waals surface area contributed by atoms with Crippen molar-refractivity contribution in [1.29, 1.82) is 5.26 Å². The lowest BCUT2D eigenvalue weighted by Gasteiger charge is -2.11. The van der Waals surface area contributed by atoms with E-state index in [2.05, 4.69) is 4.98 Å². The van der Waals surface area contributed by atoms with Gasteiger partial charge in [-0.1, -0.05) is 30.3 Å². The highest BCUT2D eigenvalue weighted by Crippen LogP contribution is 2.27. The number of ether oxygens (including phenoxy) is 3. The van der Waals surface area contributed by atoms with Crippen molar-refractivity contribution < 1.29 is 14.2 Å². The van der Waals surface area contributed by atoms with Crippen LogP contribution in [0.15, 0.2) is 42.6 Å². The van der Waals surface area contributed by atoms with E-state index >= 15 is 0 Å². The van der Waals surface area contributed by atoms with Gasteiger partial charge in [-0.15, -0.1) is 0 Å². The Morgan fingerprint density at radius 1 is 1.14 bits per heavy atom. The summed E-state index contributed by atoms with van der Waals surface area (Å²) >= 11 is 0. The van der Waals surface area contributed by atoms with Gasteiger partial charge in [-0.2, -0.15) is 5.26 Å². The molecule has 5 nitrogen and oxygen atoms in total. The molecular weight excluding hydrogens is 280 g/mol. The van der Waals surface area contributed by atoms with Gasteiger partial charge in [0.15, 0.2) is 11.5 Å². The average Bonchev–Trinajstić information content (AvgIpc) is 2.58. The van der Waals surface area contributed by atoms with Crippen molar-refractivity contribution in [1.82, 2.24) is 4.98 Å². The number of methoxy groups -OCH3 is 1. The van der Waals surface area contributed by atoms with Crippen molar-refractivity contribution in [3.63, 3.8) is 0 Å². The van der Waals surface area contributed by atoms with Gasteiger partial charge in [0.1, 0.15) is 6.61 Å². The lowest BCUT2D eigenvalue weighted by atomic mass is 10.2. The molecule has 2 rings (SSSR count). The van der Waals surface area contributed by atoms with Crippen LogP contribution in [-0.2, 0) is 18.0 Å². The minimum Gasteiger partial charge on any atom is -0.493 e. The highest BCUT2D eigenvalue weighted by Gasteiger charge is 2.07. The third-order valence-electron chi connectivity index (χ3n) is 2.95. The standard InChI is InChI=1S/C17H18N2O3/c1-20-16-10-15(13-21-9-5-8-18)19-11-17(16)22-12-14-6-3-2-4-7-14/h2-4,6-7,10-11H,5,9,12-13H2,1H3. The number of nitrogens with zero attached hydrogens (tertiary/aromatic N) is 2. The molecule has 0 aliphatic carbocycles.